The summed E-state index contributed by atoms with van der Waals surface area (Å²) in [5.41, 5.74) is 5.03. The van der Waals surface area contributed by atoms with Gasteiger partial charge in [0.2, 0.25) is 0 Å². The average Bonchev–Trinajstić information content (AvgIpc) is 2.66. The number of aryl methyl sites for hydroxylation is 1. The number of carbonyl (C=O) groups is 2. The van der Waals surface area contributed by atoms with Crippen molar-refractivity contribution in [1.82, 2.24) is 5.43 Å². The Morgan fingerprint density at radius 1 is 1.04 bits per heavy atom. The van der Waals surface area contributed by atoms with Crippen LogP contribution < -0.4 is 14.9 Å². The summed E-state index contributed by atoms with van der Waals surface area (Å²) in [6.45, 7) is 3.34. The van der Waals surface area contributed by atoms with Gasteiger partial charge in [-0.3, -0.25) is 4.79 Å². The van der Waals surface area contributed by atoms with E-state index in [1.807, 2.05) is 32.0 Å². The predicted molar refractivity (Wildman–Crippen MR) is 101 cm³/mol. The molecule has 2 N–H and O–H groups in total. The van der Waals surface area contributed by atoms with Gasteiger partial charge in [-0.1, -0.05) is 19.1 Å². The van der Waals surface area contributed by atoms with Crippen LogP contribution in [0.2, 0.25) is 0 Å². The number of hydrogen-bond donors (Lipinski definition) is 2. The number of rotatable bonds is 9. The Morgan fingerprint density at radius 2 is 1.74 bits per heavy atom. The number of amides is 1. The molecule has 1 amide bonds. The molecule has 2 aromatic carbocycles. The van der Waals surface area contributed by atoms with Gasteiger partial charge in [-0.15, -0.1) is 0 Å². The van der Waals surface area contributed by atoms with Crippen LogP contribution in [-0.2, 0) is 9.59 Å². The van der Waals surface area contributed by atoms with Crippen LogP contribution in [0.4, 0.5) is 0 Å². The number of carboxylic acid groups (broad SMARTS) is 1. The highest BCUT2D eigenvalue weighted by Gasteiger charge is 2.06. The lowest BCUT2D eigenvalue weighted by atomic mass is 10.1. The molecule has 0 bridgehead atoms. The molecule has 2 rings (SSSR count). The third kappa shape index (κ3) is 6.81. The zero-order chi connectivity index (χ0) is 19.6. The van der Waals surface area contributed by atoms with Gasteiger partial charge < -0.3 is 14.6 Å². The van der Waals surface area contributed by atoms with Gasteiger partial charge in [0.05, 0.1) is 5.71 Å². The first-order chi connectivity index (χ1) is 13.0. The topological polar surface area (TPSA) is 97.2 Å². The molecule has 0 aliphatic rings. The summed E-state index contributed by atoms with van der Waals surface area (Å²) >= 11 is 0. The number of hydrogen-bond acceptors (Lipinski definition) is 5. The summed E-state index contributed by atoms with van der Waals surface area (Å²) in [5, 5.41) is 12.8. The van der Waals surface area contributed by atoms with Crippen molar-refractivity contribution in [2.75, 3.05) is 13.2 Å². The average molecular weight is 370 g/mol. The normalized spacial score (nSPS) is 11.0. The van der Waals surface area contributed by atoms with Crippen LogP contribution in [-0.4, -0.2) is 35.9 Å². The molecule has 0 spiro atoms. The Morgan fingerprint density at radius 3 is 2.37 bits per heavy atom. The van der Waals surface area contributed by atoms with E-state index in [0.717, 1.165) is 11.1 Å². The van der Waals surface area contributed by atoms with E-state index in [9.17, 15) is 9.59 Å². The number of carbonyl (C=O) groups excluding carboxylic acids is 1. The predicted octanol–water partition coefficient (Wildman–Crippen LogP) is 2.77. The van der Waals surface area contributed by atoms with Crippen LogP contribution in [0.25, 0.3) is 0 Å². The smallest absolute Gasteiger partial charge is 0.341 e. The van der Waals surface area contributed by atoms with E-state index in [0.29, 0.717) is 23.6 Å². The maximum atomic E-state index is 11.9. The third-order valence-corrected chi connectivity index (χ3v) is 3.56. The second kappa shape index (κ2) is 9.96. The van der Waals surface area contributed by atoms with E-state index in [1.165, 1.54) is 0 Å². The Kier molecular flexibility index (Phi) is 7.37. The lowest BCUT2D eigenvalue weighted by Crippen LogP contribution is -2.26. The molecule has 0 aliphatic carbocycles. The number of benzene rings is 2. The second-order valence-electron chi connectivity index (χ2n) is 5.76. The Bertz CT molecular complexity index is 815. The van der Waals surface area contributed by atoms with E-state index < -0.39 is 12.6 Å². The molecule has 0 unspecified atom stereocenters. The van der Waals surface area contributed by atoms with Crippen molar-refractivity contribution in [2.24, 2.45) is 5.10 Å². The summed E-state index contributed by atoms with van der Waals surface area (Å²) in [5.74, 6) is -0.316. The van der Waals surface area contributed by atoms with Crippen LogP contribution in [0.15, 0.2) is 53.6 Å². The summed E-state index contributed by atoms with van der Waals surface area (Å²) in [4.78, 5) is 22.4. The van der Waals surface area contributed by atoms with Crippen molar-refractivity contribution < 1.29 is 24.2 Å². The van der Waals surface area contributed by atoms with Gasteiger partial charge in [-0.25, -0.2) is 10.2 Å². The summed E-state index contributed by atoms with van der Waals surface area (Å²) in [6.07, 6.45) is 0.606. The fourth-order valence-electron chi connectivity index (χ4n) is 2.25. The molecular weight excluding hydrogens is 348 g/mol. The molecule has 7 heteroatoms. The highest BCUT2D eigenvalue weighted by atomic mass is 16.5. The maximum Gasteiger partial charge on any atom is 0.341 e. The van der Waals surface area contributed by atoms with Gasteiger partial charge in [-0.05, 0) is 60.9 Å². The molecule has 0 heterocycles. The van der Waals surface area contributed by atoms with Crippen molar-refractivity contribution in [3.8, 4) is 11.5 Å². The van der Waals surface area contributed by atoms with Crippen LogP contribution in [0.5, 0.6) is 11.5 Å². The molecule has 2 aromatic rings. The molecule has 0 saturated carbocycles. The number of nitrogens with one attached hydrogen (secondary N) is 1. The number of ether oxygens (including phenoxy) is 2. The fourth-order valence-corrected chi connectivity index (χ4v) is 2.25. The van der Waals surface area contributed by atoms with Crippen molar-refractivity contribution in [3.63, 3.8) is 0 Å². The zero-order valence-corrected chi connectivity index (χ0v) is 15.3. The van der Waals surface area contributed by atoms with Gasteiger partial charge in [0.25, 0.3) is 5.91 Å². The highest BCUT2D eigenvalue weighted by Crippen LogP contribution is 2.14. The zero-order valence-electron chi connectivity index (χ0n) is 15.3. The van der Waals surface area contributed by atoms with E-state index in [-0.39, 0.29) is 12.5 Å². The van der Waals surface area contributed by atoms with Gasteiger partial charge in [0, 0.05) is 0 Å². The van der Waals surface area contributed by atoms with Gasteiger partial charge in [-0.2, -0.15) is 5.10 Å². The molecule has 0 saturated heterocycles. The monoisotopic (exact) mass is 370 g/mol. The Labute approximate surface area is 157 Å². The molecule has 27 heavy (non-hydrogen) atoms. The maximum absolute atomic E-state index is 11.9. The van der Waals surface area contributed by atoms with Crippen molar-refractivity contribution in [2.45, 2.75) is 20.3 Å². The van der Waals surface area contributed by atoms with Gasteiger partial charge in [0.1, 0.15) is 11.5 Å². The van der Waals surface area contributed by atoms with Crippen LogP contribution in [0.1, 0.15) is 24.5 Å². The van der Waals surface area contributed by atoms with Crippen molar-refractivity contribution in [1.29, 1.82) is 0 Å². The quantitative estimate of drug-likeness (QED) is 0.522. The molecule has 0 fully saturated rings. The first-order valence-electron chi connectivity index (χ1n) is 8.48. The largest absolute Gasteiger partial charge is 0.484 e. The summed E-state index contributed by atoms with van der Waals surface area (Å²) < 4.78 is 10.5. The van der Waals surface area contributed by atoms with E-state index in [1.54, 1.807) is 30.3 Å². The summed E-state index contributed by atoms with van der Waals surface area (Å²) in [6, 6.07) is 14.3. The van der Waals surface area contributed by atoms with Crippen LogP contribution in [0.3, 0.4) is 0 Å². The van der Waals surface area contributed by atoms with E-state index >= 15 is 0 Å². The minimum atomic E-state index is -1.04. The summed E-state index contributed by atoms with van der Waals surface area (Å²) in [7, 11) is 0. The van der Waals surface area contributed by atoms with Gasteiger partial charge >= 0.3 is 5.97 Å². The van der Waals surface area contributed by atoms with E-state index in [2.05, 4.69) is 10.5 Å². The molecule has 142 valence electrons. The molecule has 7 nitrogen and oxygen atoms in total. The van der Waals surface area contributed by atoms with Crippen molar-refractivity contribution >= 4 is 17.6 Å². The number of nitrogens with zero attached hydrogens (tertiary/aromatic N) is 1. The number of carboxylic acids is 1. The Balaban J connectivity index is 1.90. The minimum absolute atomic E-state index is 0.133. The fraction of sp³-hybridized carbons (Fsp3) is 0.250. The highest BCUT2D eigenvalue weighted by molar-refractivity contribution is 6.01. The lowest BCUT2D eigenvalue weighted by molar-refractivity contribution is -0.139. The first kappa shape index (κ1) is 20.0. The van der Waals surface area contributed by atoms with Crippen molar-refractivity contribution in [3.05, 3.63) is 59.7 Å². The molecule has 0 radical (unpaired) electrons. The first-order valence-corrected chi connectivity index (χ1v) is 8.48. The number of hydrazone groups is 1. The number of aliphatic carboxylic acids is 1. The third-order valence-electron chi connectivity index (χ3n) is 3.56. The molecule has 0 aromatic heterocycles. The van der Waals surface area contributed by atoms with Crippen LogP contribution >= 0.6 is 0 Å². The minimum Gasteiger partial charge on any atom is -0.484 e. The van der Waals surface area contributed by atoms with Gasteiger partial charge in [0.15, 0.2) is 13.2 Å². The molecule has 0 aliphatic heterocycles. The molecule has 0 atom stereocenters. The SMILES string of the molecule is CC/C(=N/NC(=O)COc1cccc(C)c1)c1ccc(OCC(=O)O)cc1. The van der Waals surface area contributed by atoms with E-state index in [4.69, 9.17) is 14.6 Å². The Hall–Kier alpha value is -3.35. The second-order valence-corrected chi connectivity index (χ2v) is 5.76. The van der Waals surface area contributed by atoms with Crippen LogP contribution in [0, 0.1) is 6.92 Å². The molecular formula is C20H22N2O5. The standard InChI is InChI=1S/C20H22N2O5/c1-3-18(15-7-9-16(10-8-15)27-13-20(24)25)21-22-19(23)12-26-17-6-4-5-14(2)11-17/h4-11H,3,12-13H2,1-2H3,(H,22,23)(H,24,25)/b21-18-. The lowest BCUT2D eigenvalue weighted by Gasteiger charge is -2.08.